The lowest BCUT2D eigenvalue weighted by Gasteiger charge is -2.26. The summed E-state index contributed by atoms with van der Waals surface area (Å²) in [5, 5.41) is 5.05. The maximum Gasteiger partial charge on any atom is 0.271 e. The summed E-state index contributed by atoms with van der Waals surface area (Å²) in [4.78, 5) is 31.5. The average molecular weight is 472 g/mol. The van der Waals surface area contributed by atoms with Gasteiger partial charge in [0.05, 0.1) is 6.54 Å². The molecule has 3 rings (SSSR count). The van der Waals surface area contributed by atoms with Crippen molar-refractivity contribution in [3.63, 3.8) is 0 Å². The molecule has 1 heterocycles. The fourth-order valence-electron chi connectivity index (χ4n) is 3.13. The SMILES string of the molecule is CC(C)(C)CC(=O)N(Cc1ccc(F)cc1)Cc1nc(C(=O)NCc2ccc(F)cc2)cs1. The second-order valence-corrected chi connectivity index (χ2v) is 9.99. The standard InChI is InChI=1S/C25H27F2N3O2S/c1-25(2,3)12-23(31)30(14-18-6-10-20(27)11-7-18)15-22-29-21(16-33-22)24(32)28-13-17-4-8-19(26)9-5-17/h4-11,16H,12-15H2,1-3H3,(H,28,32). The fourth-order valence-corrected chi connectivity index (χ4v) is 3.92. The first-order valence-electron chi connectivity index (χ1n) is 10.6. The van der Waals surface area contributed by atoms with Crippen molar-refractivity contribution in [1.29, 1.82) is 0 Å². The van der Waals surface area contributed by atoms with Gasteiger partial charge >= 0.3 is 0 Å². The van der Waals surface area contributed by atoms with E-state index in [1.54, 1.807) is 34.5 Å². The zero-order valence-corrected chi connectivity index (χ0v) is 19.7. The van der Waals surface area contributed by atoms with Gasteiger partial charge in [-0.25, -0.2) is 13.8 Å². The molecule has 5 nitrogen and oxygen atoms in total. The molecule has 8 heteroatoms. The van der Waals surface area contributed by atoms with Crippen molar-refractivity contribution in [3.8, 4) is 0 Å². The third kappa shape index (κ3) is 7.75. The lowest BCUT2D eigenvalue weighted by Crippen LogP contribution is -2.33. The Labute approximate surface area is 196 Å². The lowest BCUT2D eigenvalue weighted by atomic mass is 9.91. The van der Waals surface area contributed by atoms with Crippen LogP contribution in [0.15, 0.2) is 53.9 Å². The van der Waals surface area contributed by atoms with Gasteiger partial charge in [-0.2, -0.15) is 0 Å². The molecule has 0 aliphatic rings. The summed E-state index contributed by atoms with van der Waals surface area (Å²) in [6, 6.07) is 11.9. The van der Waals surface area contributed by atoms with Crippen molar-refractivity contribution < 1.29 is 18.4 Å². The highest BCUT2D eigenvalue weighted by Gasteiger charge is 2.23. The van der Waals surface area contributed by atoms with Crippen molar-refractivity contribution >= 4 is 23.2 Å². The van der Waals surface area contributed by atoms with Gasteiger partial charge < -0.3 is 10.2 Å². The van der Waals surface area contributed by atoms with Crippen LogP contribution in [0.3, 0.4) is 0 Å². The molecule has 0 atom stereocenters. The monoisotopic (exact) mass is 471 g/mol. The van der Waals surface area contributed by atoms with Gasteiger partial charge in [0.15, 0.2) is 0 Å². The van der Waals surface area contributed by atoms with E-state index in [0.29, 0.717) is 18.0 Å². The summed E-state index contributed by atoms with van der Waals surface area (Å²) < 4.78 is 26.3. The van der Waals surface area contributed by atoms with Gasteiger partial charge in [0.1, 0.15) is 22.3 Å². The van der Waals surface area contributed by atoms with Gasteiger partial charge in [-0.05, 0) is 40.8 Å². The average Bonchev–Trinajstić information content (AvgIpc) is 3.22. The van der Waals surface area contributed by atoms with E-state index in [0.717, 1.165) is 11.1 Å². The Morgan fingerprint density at radius 1 is 0.939 bits per heavy atom. The Morgan fingerprint density at radius 3 is 2.09 bits per heavy atom. The van der Waals surface area contributed by atoms with E-state index in [4.69, 9.17) is 0 Å². The third-order valence-corrected chi connectivity index (χ3v) is 5.63. The molecule has 2 aromatic carbocycles. The minimum Gasteiger partial charge on any atom is -0.347 e. The third-order valence-electron chi connectivity index (χ3n) is 4.80. The van der Waals surface area contributed by atoms with Gasteiger partial charge in [-0.1, -0.05) is 45.0 Å². The van der Waals surface area contributed by atoms with E-state index in [2.05, 4.69) is 10.3 Å². The topological polar surface area (TPSA) is 62.3 Å². The minimum absolute atomic E-state index is 0.0377. The predicted octanol–water partition coefficient (Wildman–Crippen LogP) is 5.32. The number of amides is 2. The van der Waals surface area contributed by atoms with Gasteiger partial charge in [0.2, 0.25) is 5.91 Å². The summed E-state index contributed by atoms with van der Waals surface area (Å²) in [5.74, 6) is -1.04. The van der Waals surface area contributed by atoms with E-state index in [-0.39, 0.29) is 47.6 Å². The Hall–Kier alpha value is -3.13. The van der Waals surface area contributed by atoms with Crippen molar-refractivity contribution in [2.24, 2.45) is 5.41 Å². The first kappa shape index (κ1) is 24.5. The molecule has 1 N–H and O–H groups in total. The molecule has 0 bridgehead atoms. The number of halogens is 2. The van der Waals surface area contributed by atoms with Crippen molar-refractivity contribution in [1.82, 2.24) is 15.2 Å². The molecule has 33 heavy (non-hydrogen) atoms. The Kier molecular flexibility index (Phi) is 7.92. The molecule has 174 valence electrons. The molecule has 0 fully saturated rings. The highest BCUT2D eigenvalue weighted by Crippen LogP contribution is 2.23. The normalized spacial score (nSPS) is 11.3. The molecule has 1 aromatic heterocycles. The second kappa shape index (κ2) is 10.7. The minimum atomic E-state index is -0.340. The summed E-state index contributed by atoms with van der Waals surface area (Å²) in [5.41, 5.74) is 1.67. The number of rotatable bonds is 8. The van der Waals surface area contributed by atoms with Gasteiger partial charge in [-0.15, -0.1) is 11.3 Å². The van der Waals surface area contributed by atoms with Crippen LogP contribution in [0.2, 0.25) is 0 Å². The quantitative estimate of drug-likeness (QED) is 0.484. The van der Waals surface area contributed by atoms with E-state index in [9.17, 15) is 18.4 Å². The molecule has 0 saturated heterocycles. The number of thiazole rings is 1. The van der Waals surface area contributed by atoms with Gasteiger partial charge in [-0.3, -0.25) is 9.59 Å². The summed E-state index contributed by atoms with van der Waals surface area (Å²) >= 11 is 1.30. The van der Waals surface area contributed by atoms with Crippen LogP contribution in [0.4, 0.5) is 8.78 Å². The van der Waals surface area contributed by atoms with E-state index in [1.807, 2.05) is 20.8 Å². The largest absolute Gasteiger partial charge is 0.347 e. The van der Waals surface area contributed by atoms with Crippen LogP contribution in [0.25, 0.3) is 0 Å². The molecule has 0 unspecified atom stereocenters. The first-order chi connectivity index (χ1) is 15.6. The van der Waals surface area contributed by atoms with Gasteiger partial charge in [0.25, 0.3) is 5.91 Å². The Morgan fingerprint density at radius 2 is 1.52 bits per heavy atom. The number of aromatic nitrogens is 1. The number of nitrogens with one attached hydrogen (secondary N) is 1. The zero-order valence-electron chi connectivity index (χ0n) is 18.9. The van der Waals surface area contributed by atoms with Crippen LogP contribution in [-0.2, 0) is 24.4 Å². The van der Waals surface area contributed by atoms with E-state index in [1.165, 1.54) is 35.6 Å². The molecule has 2 amide bonds. The second-order valence-electron chi connectivity index (χ2n) is 9.05. The highest BCUT2D eigenvalue weighted by molar-refractivity contribution is 7.09. The zero-order chi connectivity index (χ0) is 24.0. The number of benzene rings is 2. The van der Waals surface area contributed by atoms with E-state index < -0.39 is 0 Å². The van der Waals surface area contributed by atoms with Crippen molar-refractivity contribution in [2.45, 2.75) is 46.8 Å². The molecule has 0 spiro atoms. The van der Waals surface area contributed by atoms with Crippen LogP contribution in [0.1, 0.15) is 53.8 Å². The summed E-state index contributed by atoms with van der Waals surface area (Å²) in [6.07, 6.45) is 0.352. The molecular weight excluding hydrogens is 444 g/mol. The summed E-state index contributed by atoms with van der Waals surface area (Å²) in [7, 11) is 0. The van der Waals surface area contributed by atoms with Crippen LogP contribution in [0, 0.1) is 17.0 Å². The van der Waals surface area contributed by atoms with Crippen LogP contribution >= 0.6 is 11.3 Å². The molecule has 0 aliphatic carbocycles. The molecular formula is C25H27F2N3O2S. The number of hydrogen-bond acceptors (Lipinski definition) is 4. The van der Waals surface area contributed by atoms with Gasteiger partial charge in [0, 0.05) is 24.9 Å². The smallest absolute Gasteiger partial charge is 0.271 e. The Bertz CT molecular complexity index is 1090. The molecule has 0 aliphatic heterocycles. The molecule has 3 aromatic rings. The number of hydrogen-bond donors (Lipinski definition) is 1. The van der Waals surface area contributed by atoms with Crippen LogP contribution in [-0.4, -0.2) is 21.7 Å². The predicted molar refractivity (Wildman–Crippen MR) is 124 cm³/mol. The van der Waals surface area contributed by atoms with Crippen LogP contribution in [0.5, 0.6) is 0 Å². The van der Waals surface area contributed by atoms with Crippen molar-refractivity contribution in [3.05, 3.63) is 87.4 Å². The first-order valence-corrected chi connectivity index (χ1v) is 11.5. The molecule has 0 radical (unpaired) electrons. The Balaban J connectivity index is 1.67. The highest BCUT2D eigenvalue weighted by atomic mass is 32.1. The lowest BCUT2D eigenvalue weighted by molar-refractivity contribution is -0.134. The van der Waals surface area contributed by atoms with Crippen LogP contribution < -0.4 is 5.32 Å². The molecule has 0 saturated carbocycles. The maximum atomic E-state index is 13.3. The number of nitrogens with zero attached hydrogens (tertiary/aromatic N) is 2. The number of carbonyl (C=O) groups is 2. The van der Waals surface area contributed by atoms with E-state index >= 15 is 0 Å². The number of carbonyl (C=O) groups excluding carboxylic acids is 2. The summed E-state index contributed by atoms with van der Waals surface area (Å²) in [6.45, 7) is 6.81. The van der Waals surface area contributed by atoms with Crippen molar-refractivity contribution in [2.75, 3.05) is 0 Å². The fraction of sp³-hybridized carbons (Fsp3) is 0.320. The maximum absolute atomic E-state index is 13.3.